The van der Waals surface area contributed by atoms with Crippen molar-refractivity contribution in [2.45, 2.75) is 36.3 Å². The number of carbonyl (C=O) groups excluding carboxylic acids is 4. The standard InChI is InChI=1S/C30H32N3O8PS/c1-12-5-7-14(8-6-12)43-29(40)16-11-18(32(2)3)15-9-13-10-17-22(33(4)42)25(36)21(28(31)39)27(38)30(17,41)26(37)19(13)24(35)20(15)23(16)34/h5-8,11,13,17,22,34-35,38,41H,9-10,42H2,1-4H3,(H2,31,39)/t13-,17-,22-,30-/m0/s1. The quantitative estimate of drug-likeness (QED) is 0.187. The normalized spacial score (nSPS) is 25.0. The summed E-state index contributed by atoms with van der Waals surface area (Å²) in [7, 11) is 7.26. The molecule has 0 radical (unpaired) electrons. The number of likely N-dealkylation sites (N-methyl/N-ethyl adjacent to an activating group) is 1. The van der Waals surface area contributed by atoms with Crippen molar-refractivity contribution in [3.63, 3.8) is 0 Å². The number of nitrogens with two attached hydrogens (primary N) is 1. The number of Topliss-reactive ketones (excluding diaryl/α,β-unsaturated/α-hetero) is 2. The molecule has 2 aromatic rings. The summed E-state index contributed by atoms with van der Waals surface area (Å²) in [4.78, 5) is 55.3. The Morgan fingerprint density at radius 1 is 1.09 bits per heavy atom. The van der Waals surface area contributed by atoms with Crippen LogP contribution in [0.25, 0.3) is 5.76 Å². The van der Waals surface area contributed by atoms with Crippen LogP contribution in [0.2, 0.25) is 0 Å². The van der Waals surface area contributed by atoms with Gasteiger partial charge in [-0.15, -0.1) is 0 Å². The van der Waals surface area contributed by atoms with Crippen LogP contribution >= 0.6 is 21.2 Å². The third-order valence-corrected chi connectivity index (χ3v) is 9.75. The van der Waals surface area contributed by atoms with E-state index in [1.54, 1.807) is 31.1 Å². The Labute approximate surface area is 254 Å². The van der Waals surface area contributed by atoms with Crippen LogP contribution in [0.1, 0.15) is 33.5 Å². The number of carbonyl (C=O) groups is 4. The Hall–Kier alpha value is -3.70. The first-order chi connectivity index (χ1) is 20.1. The summed E-state index contributed by atoms with van der Waals surface area (Å²) < 4.78 is 1.37. The van der Waals surface area contributed by atoms with Gasteiger partial charge in [0.25, 0.3) is 5.91 Å². The second-order valence-corrected chi connectivity index (χ2v) is 13.3. The number of aliphatic hydroxyl groups is 3. The van der Waals surface area contributed by atoms with E-state index in [9.17, 15) is 39.6 Å². The molecule has 1 unspecified atom stereocenters. The molecule has 0 heterocycles. The maximum atomic E-state index is 14.1. The maximum absolute atomic E-state index is 14.1. The molecule has 1 saturated carbocycles. The van der Waals surface area contributed by atoms with E-state index in [2.05, 4.69) is 9.39 Å². The average Bonchev–Trinajstić information content (AvgIpc) is 2.91. The summed E-state index contributed by atoms with van der Waals surface area (Å²) >= 11 is 0.892. The van der Waals surface area contributed by atoms with E-state index in [1.165, 1.54) is 17.8 Å². The van der Waals surface area contributed by atoms with Crippen LogP contribution in [0.3, 0.4) is 0 Å². The topological polar surface area (TPSA) is 182 Å². The van der Waals surface area contributed by atoms with Gasteiger partial charge in [-0.05, 0) is 68.3 Å². The second-order valence-electron chi connectivity index (χ2n) is 11.4. The minimum Gasteiger partial charge on any atom is -0.508 e. The molecular formula is C30H32N3O8PS. The maximum Gasteiger partial charge on any atom is 0.255 e. The highest BCUT2D eigenvalue weighted by Crippen LogP contribution is 2.54. The number of aliphatic hydroxyl groups excluding tert-OH is 2. The number of primary amides is 1. The lowest BCUT2D eigenvalue weighted by molar-refractivity contribution is -0.152. The molecule has 43 heavy (non-hydrogen) atoms. The molecule has 0 spiro atoms. The van der Waals surface area contributed by atoms with E-state index in [1.807, 2.05) is 19.1 Å². The van der Waals surface area contributed by atoms with Crippen LogP contribution in [0.5, 0.6) is 5.75 Å². The number of thioether (sulfide) groups is 1. The Bertz CT molecular complexity index is 1670. The number of ketones is 2. The molecule has 0 aliphatic heterocycles. The zero-order chi connectivity index (χ0) is 31.7. The molecule has 226 valence electrons. The fourth-order valence-electron chi connectivity index (χ4n) is 6.49. The van der Waals surface area contributed by atoms with Gasteiger partial charge in [0.15, 0.2) is 11.4 Å². The van der Waals surface area contributed by atoms with Crippen LogP contribution in [0.15, 0.2) is 52.1 Å². The summed E-state index contributed by atoms with van der Waals surface area (Å²) in [6, 6.07) is 7.58. The average molecular weight is 626 g/mol. The third-order valence-electron chi connectivity index (χ3n) is 8.51. The fraction of sp³-hybridized carbons (Fsp3) is 0.333. The van der Waals surface area contributed by atoms with E-state index in [0.717, 1.165) is 17.3 Å². The minimum atomic E-state index is -2.75. The molecule has 1 amide bonds. The molecule has 11 nitrogen and oxygen atoms in total. The molecule has 13 heteroatoms. The van der Waals surface area contributed by atoms with Gasteiger partial charge in [0, 0.05) is 36.2 Å². The number of nitrogens with zero attached hydrogens (tertiary/aromatic N) is 2. The van der Waals surface area contributed by atoms with Crippen LogP contribution in [0, 0.1) is 18.8 Å². The highest BCUT2D eigenvalue weighted by molar-refractivity contribution is 8.14. The highest BCUT2D eigenvalue weighted by atomic mass is 32.2. The van der Waals surface area contributed by atoms with Gasteiger partial charge in [0.1, 0.15) is 22.8 Å². The SMILES string of the molecule is Cc1ccc(SC(=O)c2cc(N(C)C)c3c(c2O)C(O)=C2C(=O)[C@]4(O)C(O)=C(C(N)=O)C(=O)[C@@H](N(C)P)[C@@H]4C[C@@H]2C3)cc1. The number of fused-ring (bicyclic) bond motifs is 3. The van der Waals surface area contributed by atoms with Crippen LogP contribution in [-0.2, 0) is 20.8 Å². The predicted molar refractivity (Wildman–Crippen MR) is 164 cm³/mol. The van der Waals surface area contributed by atoms with Gasteiger partial charge in [-0.3, -0.25) is 23.8 Å². The lowest BCUT2D eigenvalue weighted by Crippen LogP contribution is -2.65. The van der Waals surface area contributed by atoms with Gasteiger partial charge < -0.3 is 31.1 Å². The first-order valence-corrected chi connectivity index (χ1v) is 14.7. The van der Waals surface area contributed by atoms with Gasteiger partial charge in [-0.25, -0.2) is 0 Å². The molecule has 3 aliphatic carbocycles. The number of hydrogen-bond acceptors (Lipinski definition) is 11. The van der Waals surface area contributed by atoms with Crippen LogP contribution in [-0.4, -0.2) is 80.5 Å². The number of amides is 1. The van der Waals surface area contributed by atoms with E-state index in [-0.39, 0.29) is 29.5 Å². The van der Waals surface area contributed by atoms with E-state index < -0.39 is 68.9 Å². The minimum absolute atomic E-state index is 0.0378. The number of aromatic hydroxyl groups is 1. The second kappa shape index (κ2) is 10.8. The number of hydrogen-bond donors (Lipinski definition) is 5. The van der Waals surface area contributed by atoms with Crippen molar-refractivity contribution in [1.29, 1.82) is 0 Å². The van der Waals surface area contributed by atoms with Gasteiger partial charge in [0.2, 0.25) is 10.9 Å². The van der Waals surface area contributed by atoms with E-state index in [0.29, 0.717) is 16.1 Å². The molecular weight excluding hydrogens is 593 g/mol. The first-order valence-electron chi connectivity index (χ1n) is 13.4. The van der Waals surface area contributed by atoms with Crippen LogP contribution < -0.4 is 10.6 Å². The lowest BCUT2D eigenvalue weighted by Gasteiger charge is -2.50. The zero-order valence-electron chi connectivity index (χ0n) is 23.9. The Morgan fingerprint density at radius 3 is 2.28 bits per heavy atom. The number of anilines is 1. The van der Waals surface area contributed by atoms with E-state index >= 15 is 0 Å². The van der Waals surface area contributed by atoms with Gasteiger partial charge >= 0.3 is 0 Å². The highest BCUT2D eigenvalue weighted by Gasteiger charge is 2.64. The molecule has 5 rings (SSSR count). The largest absolute Gasteiger partial charge is 0.508 e. The van der Waals surface area contributed by atoms with Crippen molar-refractivity contribution in [1.82, 2.24) is 4.67 Å². The molecule has 0 bridgehead atoms. The predicted octanol–water partition coefficient (Wildman–Crippen LogP) is 2.43. The van der Waals surface area contributed by atoms with Gasteiger partial charge in [0.05, 0.1) is 17.2 Å². The summed E-state index contributed by atoms with van der Waals surface area (Å²) in [5.74, 6) is -7.53. The number of rotatable bonds is 5. The Kier molecular flexibility index (Phi) is 7.71. The fourth-order valence-corrected chi connectivity index (χ4v) is 7.58. The third kappa shape index (κ3) is 4.64. The smallest absolute Gasteiger partial charge is 0.255 e. The lowest BCUT2D eigenvalue weighted by atomic mass is 9.57. The van der Waals surface area contributed by atoms with Crippen molar-refractivity contribution in [3.05, 3.63) is 69.5 Å². The summed E-state index contributed by atoms with van der Waals surface area (Å²) in [6.45, 7) is 1.92. The van der Waals surface area contributed by atoms with Crippen molar-refractivity contribution in [3.8, 4) is 5.75 Å². The zero-order valence-corrected chi connectivity index (χ0v) is 25.9. The van der Waals surface area contributed by atoms with Crippen molar-refractivity contribution in [2.24, 2.45) is 17.6 Å². The molecule has 3 aliphatic rings. The summed E-state index contributed by atoms with van der Waals surface area (Å²) in [5, 5.41) is 45.3. The van der Waals surface area contributed by atoms with Gasteiger partial charge in [-0.1, -0.05) is 27.1 Å². The number of phenolic OH excluding ortho intramolecular Hbond substituents is 1. The Balaban J connectivity index is 1.69. The number of phenols is 1. The first kappa shape index (κ1) is 30.7. The molecule has 1 fully saturated rings. The monoisotopic (exact) mass is 625 g/mol. The van der Waals surface area contributed by atoms with E-state index in [4.69, 9.17) is 5.73 Å². The van der Waals surface area contributed by atoms with Gasteiger partial charge in [-0.2, -0.15) is 0 Å². The molecule has 2 aromatic carbocycles. The summed E-state index contributed by atoms with van der Waals surface area (Å²) in [5.41, 5.74) is 3.24. The summed E-state index contributed by atoms with van der Waals surface area (Å²) in [6.07, 6.45) is 0.0756. The van der Waals surface area contributed by atoms with Crippen LogP contribution in [0.4, 0.5) is 5.69 Å². The van der Waals surface area contributed by atoms with Crippen molar-refractivity contribution in [2.75, 3.05) is 26.0 Å². The number of aryl methyl sites for hydroxylation is 1. The van der Waals surface area contributed by atoms with Crippen molar-refractivity contribution >= 4 is 55.2 Å². The van der Waals surface area contributed by atoms with Crippen molar-refractivity contribution < 1.29 is 39.6 Å². The molecule has 0 saturated heterocycles. The molecule has 5 atom stereocenters. The molecule has 0 aromatic heterocycles. The Morgan fingerprint density at radius 2 is 1.72 bits per heavy atom. The number of benzene rings is 2. The molecule has 6 N–H and O–H groups in total.